The molecule has 1 aromatic rings. The highest BCUT2D eigenvalue weighted by Crippen LogP contribution is 2.23. The number of hydrogen-bond donors (Lipinski definition) is 3. The Morgan fingerprint density at radius 3 is 3.00 bits per heavy atom. The summed E-state index contributed by atoms with van der Waals surface area (Å²) in [5.74, 6) is -0.311. The Morgan fingerprint density at radius 1 is 1.60 bits per heavy atom. The summed E-state index contributed by atoms with van der Waals surface area (Å²) in [4.78, 5) is 13.9. The van der Waals surface area contributed by atoms with Crippen LogP contribution in [0.3, 0.4) is 0 Å². The first-order valence-corrected chi connectivity index (χ1v) is 6.71. The Bertz CT molecular complexity index is 495. The van der Waals surface area contributed by atoms with Crippen molar-refractivity contribution in [3.05, 3.63) is 24.0 Å². The molecule has 1 fully saturated rings. The lowest BCUT2D eigenvalue weighted by atomic mass is 10.0. The molecule has 2 unspecified atom stereocenters. The topological polar surface area (TPSA) is 78.6 Å². The molecule has 1 heterocycles. The van der Waals surface area contributed by atoms with Crippen LogP contribution in [-0.4, -0.2) is 41.7 Å². The number of nitrogens with one attached hydrogen (secondary N) is 1. The number of halogens is 1. The summed E-state index contributed by atoms with van der Waals surface area (Å²) in [5.41, 5.74) is 5.93. The van der Waals surface area contributed by atoms with E-state index in [2.05, 4.69) is 12.2 Å². The van der Waals surface area contributed by atoms with Crippen molar-refractivity contribution >= 4 is 17.3 Å². The van der Waals surface area contributed by atoms with Gasteiger partial charge in [-0.2, -0.15) is 0 Å². The number of likely N-dealkylation sites (tertiary alicyclic amines) is 1. The lowest BCUT2D eigenvalue weighted by molar-refractivity contribution is -0.117. The number of nitrogens with two attached hydrogens (primary N) is 1. The van der Waals surface area contributed by atoms with Gasteiger partial charge in [0.15, 0.2) is 0 Å². The number of benzene rings is 1. The lowest BCUT2D eigenvalue weighted by Crippen LogP contribution is -2.40. The number of nitrogen functional groups attached to an aromatic ring is 1. The number of amides is 1. The van der Waals surface area contributed by atoms with Crippen LogP contribution >= 0.6 is 0 Å². The molecule has 110 valence electrons. The fraction of sp³-hybridized carbons (Fsp3) is 0.500. The van der Waals surface area contributed by atoms with Crippen LogP contribution in [-0.2, 0) is 4.79 Å². The normalized spacial score (nSPS) is 22.9. The number of anilines is 2. The van der Waals surface area contributed by atoms with Gasteiger partial charge in [-0.25, -0.2) is 4.39 Å². The largest absolute Gasteiger partial charge is 0.396 e. The van der Waals surface area contributed by atoms with Crippen LogP contribution in [0.2, 0.25) is 0 Å². The molecule has 1 saturated heterocycles. The van der Waals surface area contributed by atoms with Gasteiger partial charge in [0.05, 0.1) is 18.8 Å². The van der Waals surface area contributed by atoms with E-state index < -0.39 is 5.82 Å². The second-order valence-electron chi connectivity index (χ2n) is 5.27. The van der Waals surface area contributed by atoms with Crippen LogP contribution < -0.4 is 11.1 Å². The third-order valence-electron chi connectivity index (χ3n) is 3.81. The average Bonchev–Trinajstić information content (AvgIpc) is 2.74. The van der Waals surface area contributed by atoms with Crippen molar-refractivity contribution < 1.29 is 14.3 Å². The molecule has 1 aliphatic heterocycles. The number of carbonyl (C=O) groups is 1. The van der Waals surface area contributed by atoms with Crippen molar-refractivity contribution in [2.45, 2.75) is 19.4 Å². The van der Waals surface area contributed by atoms with Gasteiger partial charge in [-0.3, -0.25) is 9.69 Å². The maximum Gasteiger partial charge on any atom is 0.238 e. The molecule has 0 saturated carbocycles. The molecule has 5 nitrogen and oxygen atoms in total. The van der Waals surface area contributed by atoms with E-state index in [1.807, 2.05) is 4.90 Å². The average molecular weight is 281 g/mol. The van der Waals surface area contributed by atoms with Gasteiger partial charge in [0.1, 0.15) is 5.82 Å². The second kappa shape index (κ2) is 6.19. The van der Waals surface area contributed by atoms with E-state index in [4.69, 9.17) is 5.73 Å². The standard InChI is InChI=1S/C14H20FN3O2/c1-9-4-5-18(13(9)8-19)7-14(20)17-10-2-3-11(15)12(16)6-10/h2-3,6,9,13,19H,4-5,7-8,16H2,1H3,(H,17,20). The van der Waals surface area contributed by atoms with Crippen LogP contribution in [0.15, 0.2) is 18.2 Å². The Morgan fingerprint density at radius 2 is 2.35 bits per heavy atom. The Balaban J connectivity index is 1.94. The monoisotopic (exact) mass is 281 g/mol. The van der Waals surface area contributed by atoms with E-state index in [1.54, 1.807) is 0 Å². The fourth-order valence-corrected chi connectivity index (χ4v) is 2.59. The summed E-state index contributed by atoms with van der Waals surface area (Å²) in [5, 5.41) is 12.0. The molecule has 0 aromatic heterocycles. The summed E-state index contributed by atoms with van der Waals surface area (Å²) in [7, 11) is 0. The quantitative estimate of drug-likeness (QED) is 0.721. The molecule has 2 rings (SSSR count). The van der Waals surface area contributed by atoms with Crippen molar-refractivity contribution in [1.29, 1.82) is 0 Å². The maximum atomic E-state index is 13.0. The minimum atomic E-state index is -0.503. The predicted octanol–water partition coefficient (Wildman–Crippen LogP) is 1.05. The van der Waals surface area contributed by atoms with Crippen LogP contribution in [0.5, 0.6) is 0 Å². The van der Waals surface area contributed by atoms with E-state index in [9.17, 15) is 14.3 Å². The van der Waals surface area contributed by atoms with Crippen molar-refractivity contribution in [2.24, 2.45) is 5.92 Å². The van der Waals surface area contributed by atoms with Gasteiger partial charge in [-0.15, -0.1) is 0 Å². The first kappa shape index (κ1) is 14.7. The van der Waals surface area contributed by atoms with Gasteiger partial charge in [0.25, 0.3) is 0 Å². The third-order valence-corrected chi connectivity index (χ3v) is 3.81. The second-order valence-corrected chi connectivity index (χ2v) is 5.27. The molecule has 4 N–H and O–H groups in total. The van der Waals surface area contributed by atoms with Crippen molar-refractivity contribution in [2.75, 3.05) is 30.7 Å². The summed E-state index contributed by atoms with van der Waals surface area (Å²) < 4.78 is 13.0. The van der Waals surface area contributed by atoms with E-state index in [0.29, 0.717) is 11.6 Å². The van der Waals surface area contributed by atoms with E-state index in [0.717, 1.165) is 13.0 Å². The number of aliphatic hydroxyl groups is 1. The first-order chi connectivity index (χ1) is 9.51. The molecule has 1 amide bonds. The highest BCUT2D eigenvalue weighted by Gasteiger charge is 2.31. The molecular formula is C14H20FN3O2. The van der Waals surface area contributed by atoms with Crippen LogP contribution in [0.25, 0.3) is 0 Å². The highest BCUT2D eigenvalue weighted by atomic mass is 19.1. The van der Waals surface area contributed by atoms with Gasteiger partial charge < -0.3 is 16.2 Å². The minimum absolute atomic E-state index is 0.00540. The van der Waals surface area contributed by atoms with Gasteiger partial charge in [-0.1, -0.05) is 6.92 Å². The third kappa shape index (κ3) is 3.26. The molecular weight excluding hydrogens is 261 g/mol. The molecule has 2 atom stereocenters. The van der Waals surface area contributed by atoms with Crippen molar-refractivity contribution in [1.82, 2.24) is 4.90 Å². The molecule has 0 bridgehead atoms. The number of rotatable bonds is 4. The van der Waals surface area contributed by atoms with Crippen LogP contribution in [0, 0.1) is 11.7 Å². The zero-order valence-corrected chi connectivity index (χ0v) is 11.5. The van der Waals surface area contributed by atoms with Crippen molar-refractivity contribution in [3.63, 3.8) is 0 Å². The SMILES string of the molecule is CC1CCN(CC(=O)Nc2ccc(F)c(N)c2)C1CO. The van der Waals surface area contributed by atoms with Crippen molar-refractivity contribution in [3.8, 4) is 0 Å². The summed E-state index contributed by atoms with van der Waals surface area (Å²) in [6.45, 7) is 3.13. The van der Waals surface area contributed by atoms with Crippen LogP contribution in [0.1, 0.15) is 13.3 Å². The lowest BCUT2D eigenvalue weighted by Gasteiger charge is -2.24. The Kier molecular flexibility index (Phi) is 4.57. The maximum absolute atomic E-state index is 13.0. The summed E-state index contributed by atoms with van der Waals surface area (Å²) >= 11 is 0. The Hall–Kier alpha value is -1.66. The molecule has 0 spiro atoms. The Labute approximate surface area is 117 Å². The highest BCUT2D eigenvalue weighted by molar-refractivity contribution is 5.92. The smallest absolute Gasteiger partial charge is 0.238 e. The number of carbonyl (C=O) groups excluding carboxylic acids is 1. The van der Waals surface area contributed by atoms with E-state index >= 15 is 0 Å². The zero-order valence-electron chi connectivity index (χ0n) is 11.5. The van der Waals surface area contributed by atoms with Crippen LogP contribution in [0.4, 0.5) is 15.8 Å². The molecule has 1 aliphatic rings. The molecule has 6 heteroatoms. The first-order valence-electron chi connectivity index (χ1n) is 6.71. The summed E-state index contributed by atoms with van der Waals surface area (Å²) in [6, 6.07) is 4.11. The molecule has 0 radical (unpaired) electrons. The van der Waals surface area contributed by atoms with E-state index in [-0.39, 0.29) is 30.8 Å². The number of aliphatic hydroxyl groups excluding tert-OH is 1. The minimum Gasteiger partial charge on any atom is -0.396 e. The predicted molar refractivity (Wildman–Crippen MR) is 75.7 cm³/mol. The zero-order chi connectivity index (χ0) is 14.7. The summed E-state index contributed by atoms with van der Waals surface area (Å²) in [6.07, 6.45) is 0.974. The van der Waals surface area contributed by atoms with Gasteiger partial charge in [0.2, 0.25) is 5.91 Å². The van der Waals surface area contributed by atoms with E-state index in [1.165, 1.54) is 18.2 Å². The molecule has 1 aromatic carbocycles. The molecule has 0 aliphatic carbocycles. The number of hydrogen-bond acceptors (Lipinski definition) is 4. The fourth-order valence-electron chi connectivity index (χ4n) is 2.59. The van der Waals surface area contributed by atoms with Gasteiger partial charge in [-0.05, 0) is 37.1 Å². The van der Waals surface area contributed by atoms with Gasteiger partial charge in [0, 0.05) is 11.7 Å². The molecule has 20 heavy (non-hydrogen) atoms. The number of nitrogens with zero attached hydrogens (tertiary/aromatic N) is 1. The van der Waals surface area contributed by atoms with Gasteiger partial charge >= 0.3 is 0 Å².